The number of anilines is 2. The van der Waals surface area contributed by atoms with Crippen LogP contribution in [0.3, 0.4) is 0 Å². The first-order valence-corrected chi connectivity index (χ1v) is 9.90. The van der Waals surface area contributed by atoms with E-state index in [0.29, 0.717) is 16.9 Å². The summed E-state index contributed by atoms with van der Waals surface area (Å²) in [5, 5.41) is 0. The number of amides is 2. The smallest absolute Gasteiger partial charge is 0.322 e. The molecule has 2 aromatic rings. The Morgan fingerprint density at radius 2 is 1.93 bits per heavy atom. The van der Waals surface area contributed by atoms with Gasteiger partial charge in [0.15, 0.2) is 5.41 Å². The number of carbonyl (C=O) groups excluding carboxylic acids is 3. The minimum atomic E-state index is -1.51. The van der Waals surface area contributed by atoms with Crippen molar-refractivity contribution in [2.24, 2.45) is 11.3 Å². The lowest BCUT2D eigenvalue weighted by molar-refractivity contribution is -0.175. The molecule has 3 atom stereocenters. The van der Waals surface area contributed by atoms with E-state index in [2.05, 4.69) is 0 Å². The topological polar surface area (TPSA) is 66.9 Å². The summed E-state index contributed by atoms with van der Waals surface area (Å²) in [6, 6.07) is 13.2. The Balaban J connectivity index is 1.79. The Kier molecular flexibility index (Phi) is 4.84. The van der Waals surface area contributed by atoms with Crippen LogP contribution in [0, 0.1) is 17.2 Å². The number of nitrogens with zero attached hydrogens (tertiary/aromatic N) is 2. The second-order valence-corrected chi connectivity index (χ2v) is 7.78. The highest BCUT2D eigenvalue weighted by molar-refractivity contribution is 6.16. The highest BCUT2D eigenvalue weighted by Crippen LogP contribution is 2.63. The first-order chi connectivity index (χ1) is 14.3. The van der Waals surface area contributed by atoms with Gasteiger partial charge in [-0.25, -0.2) is 4.39 Å². The molecule has 6 nitrogen and oxygen atoms in total. The van der Waals surface area contributed by atoms with Gasteiger partial charge < -0.3 is 14.5 Å². The highest BCUT2D eigenvalue weighted by Gasteiger charge is 2.70. The quantitative estimate of drug-likeness (QED) is 0.574. The van der Waals surface area contributed by atoms with E-state index in [9.17, 15) is 18.8 Å². The number of rotatable bonds is 4. The van der Waals surface area contributed by atoms with E-state index >= 15 is 0 Å². The van der Waals surface area contributed by atoms with E-state index in [1.807, 2.05) is 30.3 Å². The summed E-state index contributed by atoms with van der Waals surface area (Å²) in [5.74, 6) is -3.20. The molecule has 0 aromatic heterocycles. The number of ether oxygens (including phenoxy) is 1. The van der Waals surface area contributed by atoms with Gasteiger partial charge in [0.1, 0.15) is 5.82 Å². The van der Waals surface area contributed by atoms with Crippen molar-refractivity contribution in [1.82, 2.24) is 0 Å². The SMILES string of the molecule is CCOC(=O)[C@]12C[C@H](C(=O)N(C)c3ccccc3)[C@H]1c1cc(F)ccc1N(C)C2=O. The molecule has 0 spiro atoms. The lowest BCUT2D eigenvalue weighted by atomic mass is 9.49. The first kappa shape index (κ1) is 20.1. The van der Waals surface area contributed by atoms with Crippen LogP contribution in [-0.4, -0.2) is 38.5 Å². The second-order valence-electron chi connectivity index (χ2n) is 7.78. The van der Waals surface area contributed by atoms with E-state index in [1.165, 1.54) is 28.0 Å². The maximum Gasteiger partial charge on any atom is 0.322 e. The Bertz CT molecular complexity index is 1030. The summed E-state index contributed by atoms with van der Waals surface area (Å²) in [4.78, 5) is 42.5. The molecule has 4 rings (SSSR count). The van der Waals surface area contributed by atoms with Gasteiger partial charge in [0.05, 0.1) is 6.61 Å². The fourth-order valence-corrected chi connectivity index (χ4v) is 4.78. The van der Waals surface area contributed by atoms with Crippen molar-refractivity contribution >= 4 is 29.2 Å². The summed E-state index contributed by atoms with van der Waals surface area (Å²) in [7, 11) is 3.22. The molecular weight excluding hydrogens is 387 g/mol. The molecule has 7 heteroatoms. The molecular formula is C23H23FN2O4. The van der Waals surface area contributed by atoms with Gasteiger partial charge in [-0.1, -0.05) is 18.2 Å². The normalized spacial score (nSPS) is 24.4. The largest absolute Gasteiger partial charge is 0.465 e. The average Bonchev–Trinajstić information content (AvgIpc) is 2.72. The number of benzene rings is 2. The van der Waals surface area contributed by atoms with Gasteiger partial charge in [-0.2, -0.15) is 0 Å². The van der Waals surface area contributed by atoms with Crippen molar-refractivity contribution in [3.63, 3.8) is 0 Å². The van der Waals surface area contributed by atoms with Crippen LogP contribution >= 0.6 is 0 Å². The third kappa shape index (κ3) is 2.72. The van der Waals surface area contributed by atoms with Crippen molar-refractivity contribution in [3.05, 3.63) is 59.9 Å². The number of halogens is 1. The Morgan fingerprint density at radius 1 is 1.23 bits per heavy atom. The third-order valence-corrected chi connectivity index (χ3v) is 6.28. The number of esters is 1. The fourth-order valence-electron chi connectivity index (χ4n) is 4.78. The average molecular weight is 410 g/mol. The van der Waals surface area contributed by atoms with Crippen LogP contribution in [0.1, 0.15) is 24.8 Å². The van der Waals surface area contributed by atoms with E-state index in [4.69, 9.17) is 4.74 Å². The van der Waals surface area contributed by atoms with E-state index in [-0.39, 0.29) is 18.9 Å². The van der Waals surface area contributed by atoms with Gasteiger partial charge in [0.2, 0.25) is 11.8 Å². The first-order valence-electron chi connectivity index (χ1n) is 9.90. The number of hydrogen-bond donors (Lipinski definition) is 0. The lowest BCUT2D eigenvalue weighted by Gasteiger charge is -2.56. The van der Waals surface area contributed by atoms with Crippen LogP contribution in [0.2, 0.25) is 0 Å². The summed E-state index contributed by atoms with van der Waals surface area (Å²) < 4.78 is 19.4. The minimum Gasteiger partial charge on any atom is -0.465 e. The molecule has 1 heterocycles. The van der Waals surface area contributed by atoms with E-state index < -0.39 is 34.9 Å². The minimum absolute atomic E-state index is 0.0334. The summed E-state index contributed by atoms with van der Waals surface area (Å²) >= 11 is 0. The summed E-state index contributed by atoms with van der Waals surface area (Å²) in [6.07, 6.45) is 0.0334. The van der Waals surface area contributed by atoms with E-state index in [1.54, 1.807) is 21.0 Å². The number of hydrogen-bond acceptors (Lipinski definition) is 4. The van der Waals surface area contributed by atoms with Gasteiger partial charge >= 0.3 is 5.97 Å². The van der Waals surface area contributed by atoms with Crippen molar-refractivity contribution in [2.45, 2.75) is 19.3 Å². The van der Waals surface area contributed by atoms with Crippen molar-refractivity contribution in [2.75, 3.05) is 30.5 Å². The molecule has 1 aliphatic heterocycles. The summed E-state index contributed by atoms with van der Waals surface area (Å²) in [5.41, 5.74) is 0.181. The highest BCUT2D eigenvalue weighted by atomic mass is 19.1. The van der Waals surface area contributed by atoms with Crippen molar-refractivity contribution in [1.29, 1.82) is 0 Å². The van der Waals surface area contributed by atoms with Gasteiger partial charge in [-0.3, -0.25) is 14.4 Å². The predicted molar refractivity (Wildman–Crippen MR) is 110 cm³/mol. The molecule has 0 unspecified atom stereocenters. The lowest BCUT2D eigenvalue weighted by Crippen LogP contribution is -2.66. The molecule has 2 amide bonds. The molecule has 1 fully saturated rings. The van der Waals surface area contributed by atoms with Crippen LogP contribution < -0.4 is 9.80 Å². The molecule has 0 radical (unpaired) electrons. The molecule has 30 heavy (non-hydrogen) atoms. The van der Waals surface area contributed by atoms with Crippen LogP contribution in [0.25, 0.3) is 0 Å². The monoisotopic (exact) mass is 410 g/mol. The second kappa shape index (κ2) is 7.23. The zero-order valence-corrected chi connectivity index (χ0v) is 17.1. The van der Waals surface area contributed by atoms with Crippen LogP contribution in [-0.2, 0) is 19.1 Å². The number of fused-ring (bicyclic) bond motifs is 3. The number of para-hydroxylation sites is 1. The van der Waals surface area contributed by atoms with Crippen LogP contribution in [0.15, 0.2) is 48.5 Å². The molecule has 0 saturated heterocycles. The van der Waals surface area contributed by atoms with Crippen molar-refractivity contribution < 1.29 is 23.5 Å². The van der Waals surface area contributed by atoms with Crippen LogP contribution in [0.4, 0.5) is 15.8 Å². The molecule has 1 saturated carbocycles. The number of carbonyl (C=O) groups is 3. The molecule has 0 bridgehead atoms. The Morgan fingerprint density at radius 3 is 2.60 bits per heavy atom. The van der Waals surface area contributed by atoms with Crippen LogP contribution in [0.5, 0.6) is 0 Å². The van der Waals surface area contributed by atoms with E-state index in [0.717, 1.165) is 0 Å². The molecule has 1 aliphatic carbocycles. The van der Waals surface area contributed by atoms with Gasteiger partial charge in [-0.15, -0.1) is 0 Å². The maximum atomic E-state index is 14.2. The van der Waals surface area contributed by atoms with Gasteiger partial charge in [0.25, 0.3) is 0 Å². The molecule has 2 aromatic carbocycles. The van der Waals surface area contributed by atoms with Crippen molar-refractivity contribution in [3.8, 4) is 0 Å². The molecule has 156 valence electrons. The third-order valence-electron chi connectivity index (χ3n) is 6.28. The summed E-state index contributed by atoms with van der Waals surface area (Å²) in [6.45, 7) is 1.78. The molecule has 0 N–H and O–H groups in total. The predicted octanol–water partition coefficient (Wildman–Crippen LogP) is 3.12. The Hall–Kier alpha value is -3.22. The zero-order valence-electron chi connectivity index (χ0n) is 17.1. The van der Waals surface area contributed by atoms with Gasteiger partial charge in [0, 0.05) is 37.3 Å². The zero-order chi connectivity index (χ0) is 21.6. The Labute approximate surface area is 174 Å². The molecule has 2 aliphatic rings. The maximum absolute atomic E-state index is 14.2. The fraction of sp³-hybridized carbons (Fsp3) is 0.348. The van der Waals surface area contributed by atoms with Gasteiger partial charge in [-0.05, 0) is 49.2 Å². The standard InChI is InChI=1S/C23H23FN2O4/c1-4-30-22(29)23-13-17(20(27)25(2)15-8-6-5-7-9-15)19(23)16-12-14(24)10-11-18(16)26(3)21(23)28/h5-12,17,19H,4,13H2,1-3H3/t17-,19+,23+/m0/s1.